The average Bonchev–Trinajstić information content (AvgIpc) is 2.18. The Hall–Kier alpha value is -1.64. The molecule has 0 amide bonds. The number of nitrogens with zero attached hydrogens (tertiary/aromatic N) is 1. The Morgan fingerprint density at radius 1 is 1.40 bits per heavy atom. The number of rotatable bonds is 2. The summed E-state index contributed by atoms with van der Waals surface area (Å²) in [5.74, 6) is 0.596. The molecule has 0 bridgehead atoms. The third-order valence-corrected chi connectivity index (χ3v) is 2.35. The third kappa shape index (κ3) is 2.06. The molecule has 1 aromatic heterocycles. The van der Waals surface area contributed by atoms with E-state index in [0.717, 1.165) is 11.9 Å². The van der Waals surface area contributed by atoms with Gasteiger partial charge in [0.05, 0.1) is 17.2 Å². The molecule has 0 saturated carbocycles. The first-order valence-electron chi connectivity index (χ1n) is 5.13. The first-order chi connectivity index (χ1) is 7.16. The zero-order chi connectivity index (χ0) is 10.8. The quantitative estimate of drug-likeness (QED) is 0.810. The van der Waals surface area contributed by atoms with Crippen LogP contribution in [0.25, 0.3) is 10.9 Å². The van der Waals surface area contributed by atoms with Gasteiger partial charge in [-0.1, -0.05) is 19.9 Å². The second-order valence-electron chi connectivity index (χ2n) is 4.18. The summed E-state index contributed by atoms with van der Waals surface area (Å²) < 4.78 is 0. The van der Waals surface area contributed by atoms with E-state index in [9.17, 15) is 4.79 Å². The van der Waals surface area contributed by atoms with Crippen molar-refractivity contribution in [2.45, 2.75) is 20.3 Å². The van der Waals surface area contributed by atoms with Gasteiger partial charge >= 0.3 is 0 Å². The van der Waals surface area contributed by atoms with Crippen LogP contribution >= 0.6 is 0 Å². The summed E-state index contributed by atoms with van der Waals surface area (Å²) in [7, 11) is 0. The monoisotopic (exact) mass is 202 g/mol. The van der Waals surface area contributed by atoms with Crippen molar-refractivity contribution in [3.63, 3.8) is 0 Å². The summed E-state index contributed by atoms with van der Waals surface area (Å²) in [6.45, 7) is 4.33. The number of aromatic amines is 1. The highest BCUT2D eigenvalue weighted by molar-refractivity contribution is 5.77. The van der Waals surface area contributed by atoms with Gasteiger partial charge in [-0.3, -0.25) is 4.79 Å². The molecule has 2 rings (SSSR count). The van der Waals surface area contributed by atoms with E-state index in [1.165, 1.54) is 11.9 Å². The fraction of sp³-hybridized carbons (Fsp3) is 0.333. The normalized spacial score (nSPS) is 11.1. The molecule has 15 heavy (non-hydrogen) atoms. The number of H-pyrrole nitrogens is 1. The Balaban J connectivity index is 2.55. The molecule has 0 fully saturated rings. The Kier molecular flexibility index (Phi) is 2.54. The zero-order valence-corrected chi connectivity index (χ0v) is 8.95. The lowest BCUT2D eigenvalue weighted by atomic mass is 10.0. The van der Waals surface area contributed by atoms with E-state index in [-0.39, 0.29) is 5.56 Å². The third-order valence-electron chi connectivity index (χ3n) is 2.35. The molecule has 0 saturated heterocycles. The van der Waals surface area contributed by atoms with Crippen LogP contribution in [0, 0.1) is 5.92 Å². The molecular formula is C12H14N2O. The zero-order valence-electron chi connectivity index (χ0n) is 8.95. The average molecular weight is 202 g/mol. The highest BCUT2D eigenvalue weighted by Gasteiger charge is 2.02. The van der Waals surface area contributed by atoms with Gasteiger partial charge in [-0.15, -0.1) is 0 Å². The molecule has 1 aromatic carbocycles. The standard InChI is InChI=1S/C12H14N2O/c1-8(2)5-9-3-4-11-10(6-9)12(15)14-7-13-11/h3-4,6-8H,5H2,1-2H3,(H,13,14,15). The molecular weight excluding hydrogens is 188 g/mol. The van der Waals surface area contributed by atoms with Crippen LogP contribution in [-0.2, 0) is 6.42 Å². The SMILES string of the molecule is CC(C)Cc1ccc2nc[nH]c(=O)c2c1. The van der Waals surface area contributed by atoms with Crippen molar-refractivity contribution < 1.29 is 0 Å². The molecule has 78 valence electrons. The van der Waals surface area contributed by atoms with Crippen LogP contribution in [0.4, 0.5) is 0 Å². The fourth-order valence-corrected chi connectivity index (χ4v) is 1.71. The summed E-state index contributed by atoms with van der Waals surface area (Å²) in [4.78, 5) is 18.2. The Morgan fingerprint density at radius 2 is 2.20 bits per heavy atom. The smallest absolute Gasteiger partial charge is 0.258 e. The second-order valence-corrected chi connectivity index (χ2v) is 4.18. The maximum absolute atomic E-state index is 11.5. The Labute approximate surface area is 88.2 Å². The van der Waals surface area contributed by atoms with Gasteiger partial charge in [0.25, 0.3) is 5.56 Å². The van der Waals surface area contributed by atoms with Crippen molar-refractivity contribution in [1.82, 2.24) is 9.97 Å². The lowest BCUT2D eigenvalue weighted by Crippen LogP contribution is -2.07. The topological polar surface area (TPSA) is 45.8 Å². The van der Waals surface area contributed by atoms with E-state index in [1.54, 1.807) is 0 Å². The summed E-state index contributed by atoms with van der Waals surface area (Å²) in [6, 6.07) is 5.87. The van der Waals surface area contributed by atoms with E-state index in [0.29, 0.717) is 11.3 Å². The van der Waals surface area contributed by atoms with Crippen molar-refractivity contribution in [3.8, 4) is 0 Å². The van der Waals surface area contributed by atoms with Crippen LogP contribution in [0.2, 0.25) is 0 Å². The summed E-state index contributed by atoms with van der Waals surface area (Å²) in [5, 5.41) is 0.677. The van der Waals surface area contributed by atoms with Crippen molar-refractivity contribution in [2.75, 3.05) is 0 Å². The Bertz CT molecular complexity index is 528. The summed E-state index contributed by atoms with van der Waals surface area (Å²) in [5.41, 5.74) is 1.88. The number of aromatic nitrogens is 2. The lowest BCUT2D eigenvalue weighted by molar-refractivity contribution is 0.648. The molecule has 0 aliphatic heterocycles. The van der Waals surface area contributed by atoms with Crippen LogP contribution in [0.15, 0.2) is 29.3 Å². The van der Waals surface area contributed by atoms with E-state index < -0.39 is 0 Å². The largest absolute Gasteiger partial charge is 0.313 e. The van der Waals surface area contributed by atoms with Gasteiger partial charge in [0, 0.05) is 0 Å². The van der Waals surface area contributed by atoms with Crippen LogP contribution in [0.1, 0.15) is 19.4 Å². The summed E-state index contributed by atoms with van der Waals surface area (Å²) >= 11 is 0. The summed E-state index contributed by atoms with van der Waals surface area (Å²) in [6.07, 6.45) is 2.43. The number of benzene rings is 1. The maximum atomic E-state index is 11.5. The van der Waals surface area contributed by atoms with Crippen LogP contribution < -0.4 is 5.56 Å². The van der Waals surface area contributed by atoms with Crippen molar-refractivity contribution >= 4 is 10.9 Å². The van der Waals surface area contributed by atoms with Crippen LogP contribution in [0.3, 0.4) is 0 Å². The highest BCUT2D eigenvalue weighted by atomic mass is 16.1. The molecule has 0 unspecified atom stereocenters. The maximum Gasteiger partial charge on any atom is 0.258 e. The van der Waals surface area contributed by atoms with Crippen LogP contribution in [0.5, 0.6) is 0 Å². The number of fused-ring (bicyclic) bond motifs is 1. The molecule has 0 radical (unpaired) electrons. The van der Waals surface area contributed by atoms with E-state index in [1.807, 2.05) is 18.2 Å². The minimum Gasteiger partial charge on any atom is -0.313 e. The van der Waals surface area contributed by atoms with E-state index >= 15 is 0 Å². The van der Waals surface area contributed by atoms with E-state index in [4.69, 9.17) is 0 Å². The lowest BCUT2D eigenvalue weighted by Gasteiger charge is -2.05. The number of nitrogens with one attached hydrogen (secondary N) is 1. The molecule has 0 aliphatic rings. The van der Waals surface area contributed by atoms with Crippen LogP contribution in [-0.4, -0.2) is 9.97 Å². The van der Waals surface area contributed by atoms with Gasteiger partial charge in [0.1, 0.15) is 0 Å². The molecule has 2 aromatic rings. The molecule has 0 spiro atoms. The first kappa shape index (κ1) is 9.90. The van der Waals surface area contributed by atoms with Crippen molar-refractivity contribution in [3.05, 3.63) is 40.4 Å². The second kappa shape index (κ2) is 3.85. The van der Waals surface area contributed by atoms with Gasteiger partial charge < -0.3 is 4.98 Å². The van der Waals surface area contributed by atoms with Gasteiger partial charge in [0.2, 0.25) is 0 Å². The number of hydrogen-bond donors (Lipinski definition) is 1. The van der Waals surface area contributed by atoms with Gasteiger partial charge in [0.15, 0.2) is 0 Å². The Morgan fingerprint density at radius 3 is 2.93 bits per heavy atom. The van der Waals surface area contributed by atoms with Crippen molar-refractivity contribution in [1.29, 1.82) is 0 Å². The molecule has 0 atom stereocenters. The van der Waals surface area contributed by atoms with Gasteiger partial charge in [-0.2, -0.15) is 0 Å². The predicted molar refractivity (Wildman–Crippen MR) is 60.9 cm³/mol. The minimum atomic E-state index is -0.0643. The fourth-order valence-electron chi connectivity index (χ4n) is 1.71. The van der Waals surface area contributed by atoms with E-state index in [2.05, 4.69) is 23.8 Å². The van der Waals surface area contributed by atoms with Crippen molar-refractivity contribution in [2.24, 2.45) is 5.92 Å². The highest BCUT2D eigenvalue weighted by Crippen LogP contribution is 2.12. The van der Waals surface area contributed by atoms with Gasteiger partial charge in [-0.05, 0) is 30.0 Å². The molecule has 1 N–H and O–H groups in total. The van der Waals surface area contributed by atoms with Gasteiger partial charge in [-0.25, -0.2) is 4.98 Å². The molecule has 3 heteroatoms. The predicted octanol–water partition coefficient (Wildman–Crippen LogP) is 2.12. The molecule has 1 heterocycles. The molecule has 0 aliphatic carbocycles. The minimum absolute atomic E-state index is 0.0643. The molecule has 3 nitrogen and oxygen atoms in total. The first-order valence-corrected chi connectivity index (χ1v) is 5.13. The number of hydrogen-bond acceptors (Lipinski definition) is 2.